The Balaban J connectivity index is 2.41. The molecule has 1 aromatic heterocycles. The van der Waals surface area contributed by atoms with E-state index >= 15 is 0 Å². The molecular formula is C16H31N3. The number of hydrogen-bond donors (Lipinski definition) is 1. The Morgan fingerprint density at radius 3 is 2.53 bits per heavy atom. The number of nitrogens with one attached hydrogen (secondary N) is 1. The lowest BCUT2D eigenvalue weighted by molar-refractivity contribution is 0.467. The molecule has 0 fully saturated rings. The van der Waals surface area contributed by atoms with Gasteiger partial charge in [0, 0.05) is 24.3 Å². The van der Waals surface area contributed by atoms with Gasteiger partial charge in [-0.3, -0.25) is 4.68 Å². The second kappa shape index (κ2) is 10.0. The first-order valence-electron chi connectivity index (χ1n) is 8.07. The lowest BCUT2D eigenvalue weighted by atomic mass is 10.0. The molecule has 3 nitrogen and oxygen atoms in total. The summed E-state index contributed by atoms with van der Waals surface area (Å²) >= 11 is 0. The van der Waals surface area contributed by atoms with Gasteiger partial charge in [0.1, 0.15) is 0 Å². The van der Waals surface area contributed by atoms with Crippen molar-refractivity contribution in [3.63, 3.8) is 0 Å². The zero-order valence-corrected chi connectivity index (χ0v) is 13.0. The number of aryl methyl sites for hydroxylation is 1. The van der Waals surface area contributed by atoms with Crippen LogP contribution in [0.1, 0.15) is 77.3 Å². The maximum Gasteiger partial charge on any atom is 0.0537 e. The van der Waals surface area contributed by atoms with Gasteiger partial charge in [-0.25, -0.2) is 0 Å². The van der Waals surface area contributed by atoms with Crippen molar-refractivity contribution in [2.24, 2.45) is 0 Å². The summed E-state index contributed by atoms with van der Waals surface area (Å²) in [5, 5.41) is 8.06. The van der Waals surface area contributed by atoms with Gasteiger partial charge in [0.05, 0.1) is 6.20 Å². The predicted molar refractivity (Wildman–Crippen MR) is 82.3 cm³/mol. The molecule has 1 heterocycles. The Morgan fingerprint density at radius 2 is 1.89 bits per heavy atom. The Labute approximate surface area is 118 Å². The van der Waals surface area contributed by atoms with E-state index in [0.29, 0.717) is 6.04 Å². The maximum atomic E-state index is 4.40. The zero-order valence-electron chi connectivity index (χ0n) is 13.0. The van der Waals surface area contributed by atoms with Gasteiger partial charge in [-0.15, -0.1) is 0 Å². The lowest BCUT2D eigenvalue weighted by Crippen LogP contribution is -2.21. The first-order valence-corrected chi connectivity index (χ1v) is 8.07. The first-order chi connectivity index (χ1) is 9.31. The van der Waals surface area contributed by atoms with Crippen LogP contribution in [0, 0.1) is 0 Å². The maximum absolute atomic E-state index is 4.40. The average Bonchev–Trinajstić information content (AvgIpc) is 2.90. The van der Waals surface area contributed by atoms with Crippen LogP contribution in [0.15, 0.2) is 12.4 Å². The third-order valence-electron chi connectivity index (χ3n) is 3.62. The SMILES string of the molecule is CCCCCCCC(NCCC)c1cnn(CC)c1. The van der Waals surface area contributed by atoms with Crippen molar-refractivity contribution >= 4 is 0 Å². The Hall–Kier alpha value is -0.830. The van der Waals surface area contributed by atoms with Crippen molar-refractivity contribution in [3.05, 3.63) is 18.0 Å². The van der Waals surface area contributed by atoms with Crippen molar-refractivity contribution in [3.8, 4) is 0 Å². The van der Waals surface area contributed by atoms with Gasteiger partial charge in [0.25, 0.3) is 0 Å². The molecule has 0 aromatic carbocycles. The summed E-state index contributed by atoms with van der Waals surface area (Å²) in [5.74, 6) is 0. The summed E-state index contributed by atoms with van der Waals surface area (Å²) in [5.41, 5.74) is 1.35. The largest absolute Gasteiger partial charge is 0.310 e. The second-order valence-corrected chi connectivity index (χ2v) is 5.34. The summed E-state index contributed by atoms with van der Waals surface area (Å²) in [7, 11) is 0. The summed E-state index contributed by atoms with van der Waals surface area (Å²) in [6.07, 6.45) is 13.4. The van der Waals surface area contributed by atoms with E-state index in [2.05, 4.69) is 37.4 Å². The Morgan fingerprint density at radius 1 is 1.11 bits per heavy atom. The number of rotatable bonds is 11. The molecule has 1 N–H and O–H groups in total. The summed E-state index contributed by atoms with van der Waals surface area (Å²) in [6, 6.07) is 0.488. The summed E-state index contributed by atoms with van der Waals surface area (Å²) < 4.78 is 2.02. The monoisotopic (exact) mass is 265 g/mol. The van der Waals surface area contributed by atoms with Crippen LogP contribution >= 0.6 is 0 Å². The van der Waals surface area contributed by atoms with Crippen molar-refractivity contribution < 1.29 is 0 Å². The highest BCUT2D eigenvalue weighted by Gasteiger charge is 2.12. The molecule has 1 atom stereocenters. The third-order valence-corrected chi connectivity index (χ3v) is 3.62. The molecule has 0 amide bonds. The Bertz CT molecular complexity index is 320. The van der Waals surface area contributed by atoms with Crippen molar-refractivity contribution in [2.75, 3.05) is 6.54 Å². The van der Waals surface area contributed by atoms with Crippen LogP contribution in [0.4, 0.5) is 0 Å². The number of unbranched alkanes of at least 4 members (excludes halogenated alkanes) is 4. The fourth-order valence-corrected chi connectivity index (χ4v) is 2.39. The third kappa shape index (κ3) is 6.24. The van der Waals surface area contributed by atoms with Crippen LogP contribution in [-0.2, 0) is 6.54 Å². The highest BCUT2D eigenvalue weighted by molar-refractivity contribution is 5.10. The predicted octanol–water partition coefficient (Wildman–Crippen LogP) is 4.30. The van der Waals surface area contributed by atoms with Crippen LogP contribution in [0.5, 0.6) is 0 Å². The van der Waals surface area contributed by atoms with Crippen LogP contribution in [-0.4, -0.2) is 16.3 Å². The van der Waals surface area contributed by atoms with Gasteiger partial charge in [-0.1, -0.05) is 46.0 Å². The van der Waals surface area contributed by atoms with Gasteiger partial charge in [0.2, 0.25) is 0 Å². The van der Waals surface area contributed by atoms with Crippen molar-refractivity contribution in [1.82, 2.24) is 15.1 Å². The number of nitrogens with zero attached hydrogens (tertiary/aromatic N) is 2. The van der Waals surface area contributed by atoms with E-state index in [4.69, 9.17) is 0 Å². The van der Waals surface area contributed by atoms with Gasteiger partial charge in [-0.05, 0) is 26.3 Å². The van der Waals surface area contributed by atoms with Crippen LogP contribution in [0.2, 0.25) is 0 Å². The van der Waals surface area contributed by atoms with E-state index in [1.165, 1.54) is 50.5 Å². The molecule has 0 saturated carbocycles. The normalized spacial score (nSPS) is 12.8. The van der Waals surface area contributed by atoms with E-state index in [0.717, 1.165) is 13.1 Å². The molecule has 0 aliphatic rings. The van der Waals surface area contributed by atoms with Gasteiger partial charge in [0.15, 0.2) is 0 Å². The van der Waals surface area contributed by atoms with E-state index in [-0.39, 0.29) is 0 Å². The zero-order chi connectivity index (χ0) is 13.9. The highest BCUT2D eigenvalue weighted by atomic mass is 15.3. The molecule has 1 unspecified atom stereocenters. The summed E-state index contributed by atoms with van der Waals surface area (Å²) in [4.78, 5) is 0. The minimum atomic E-state index is 0.488. The van der Waals surface area contributed by atoms with Crippen LogP contribution < -0.4 is 5.32 Å². The minimum Gasteiger partial charge on any atom is -0.310 e. The molecule has 0 spiro atoms. The van der Waals surface area contributed by atoms with Gasteiger partial charge in [-0.2, -0.15) is 5.10 Å². The molecule has 0 aliphatic carbocycles. The van der Waals surface area contributed by atoms with Gasteiger partial charge >= 0.3 is 0 Å². The second-order valence-electron chi connectivity index (χ2n) is 5.34. The molecule has 19 heavy (non-hydrogen) atoms. The lowest BCUT2D eigenvalue weighted by Gasteiger charge is -2.17. The van der Waals surface area contributed by atoms with E-state index < -0.39 is 0 Å². The molecule has 0 bridgehead atoms. The molecule has 3 heteroatoms. The molecule has 110 valence electrons. The van der Waals surface area contributed by atoms with Crippen molar-refractivity contribution in [1.29, 1.82) is 0 Å². The molecule has 0 radical (unpaired) electrons. The molecule has 1 aromatic rings. The first kappa shape index (κ1) is 16.2. The van der Waals surface area contributed by atoms with E-state index in [1.807, 2.05) is 10.9 Å². The minimum absolute atomic E-state index is 0.488. The molecule has 0 aliphatic heterocycles. The summed E-state index contributed by atoms with van der Waals surface area (Å²) in [6.45, 7) is 8.68. The number of aromatic nitrogens is 2. The smallest absolute Gasteiger partial charge is 0.0537 e. The topological polar surface area (TPSA) is 29.9 Å². The van der Waals surface area contributed by atoms with Crippen LogP contribution in [0.3, 0.4) is 0 Å². The quantitative estimate of drug-likeness (QED) is 0.604. The van der Waals surface area contributed by atoms with E-state index in [1.54, 1.807) is 0 Å². The molecular weight excluding hydrogens is 234 g/mol. The fourth-order valence-electron chi connectivity index (χ4n) is 2.39. The standard InChI is InChI=1S/C16H31N3/c1-4-7-8-9-10-11-16(17-12-5-2)15-13-18-19(6-3)14-15/h13-14,16-17H,4-12H2,1-3H3. The average molecular weight is 265 g/mol. The highest BCUT2D eigenvalue weighted by Crippen LogP contribution is 2.20. The molecule has 0 saturated heterocycles. The van der Waals surface area contributed by atoms with Crippen molar-refractivity contribution in [2.45, 2.75) is 78.3 Å². The van der Waals surface area contributed by atoms with Gasteiger partial charge < -0.3 is 5.32 Å². The van der Waals surface area contributed by atoms with E-state index in [9.17, 15) is 0 Å². The molecule has 1 rings (SSSR count). The number of hydrogen-bond acceptors (Lipinski definition) is 2. The fraction of sp³-hybridized carbons (Fsp3) is 0.812. The van der Waals surface area contributed by atoms with Crippen LogP contribution in [0.25, 0.3) is 0 Å². The Kier molecular flexibility index (Phi) is 8.55.